The number of aryl methyl sites for hydroxylation is 1. The molecular formula is C24H28N2O6S2. The zero-order chi connectivity index (χ0) is 24.8. The van der Waals surface area contributed by atoms with Crippen molar-refractivity contribution < 1.29 is 26.4 Å². The maximum Gasteiger partial charge on any atom is 0.323 e. The summed E-state index contributed by atoms with van der Waals surface area (Å²) in [7, 11) is -6.42. The quantitative estimate of drug-likeness (QED) is 0.306. The topological polar surface area (TPSA) is 119 Å². The van der Waals surface area contributed by atoms with E-state index in [1.165, 1.54) is 19.2 Å². The number of ether oxygens (including phenoxy) is 1. The molecule has 0 saturated heterocycles. The van der Waals surface area contributed by atoms with Crippen molar-refractivity contribution in [2.75, 3.05) is 13.7 Å². The molecule has 0 aliphatic rings. The zero-order valence-electron chi connectivity index (χ0n) is 19.0. The summed E-state index contributed by atoms with van der Waals surface area (Å²) in [5.41, 5.74) is 0.912. The normalized spacial score (nSPS) is 13.0. The molecule has 0 spiro atoms. The Morgan fingerprint density at radius 2 is 1.50 bits per heavy atom. The van der Waals surface area contributed by atoms with Gasteiger partial charge in [0.25, 0.3) is 0 Å². The van der Waals surface area contributed by atoms with E-state index in [-0.39, 0.29) is 22.8 Å². The van der Waals surface area contributed by atoms with E-state index in [1.54, 1.807) is 30.3 Å². The number of unbranched alkanes of at least 4 members (excludes halogenated alkanes) is 1. The van der Waals surface area contributed by atoms with Gasteiger partial charge in [0.15, 0.2) is 0 Å². The SMILES string of the molecule is COC(=O)C(CCCCNS(=O)(=O)c1ccc2ccccc2c1)NS(=O)(=O)c1ccc(C)cc1. The van der Waals surface area contributed by atoms with Crippen molar-refractivity contribution in [1.82, 2.24) is 9.44 Å². The highest BCUT2D eigenvalue weighted by molar-refractivity contribution is 7.89. The summed E-state index contributed by atoms with van der Waals surface area (Å²) in [5, 5.41) is 1.77. The van der Waals surface area contributed by atoms with Crippen LogP contribution >= 0.6 is 0 Å². The Hall–Kier alpha value is -2.79. The number of benzene rings is 3. The molecule has 0 aliphatic carbocycles. The van der Waals surface area contributed by atoms with Crippen molar-refractivity contribution in [1.29, 1.82) is 0 Å². The van der Waals surface area contributed by atoms with Gasteiger partial charge >= 0.3 is 5.97 Å². The Morgan fingerprint density at radius 3 is 2.18 bits per heavy atom. The monoisotopic (exact) mass is 504 g/mol. The Labute approximate surface area is 200 Å². The van der Waals surface area contributed by atoms with Gasteiger partial charge in [-0.15, -0.1) is 0 Å². The average Bonchev–Trinajstić information content (AvgIpc) is 2.82. The predicted molar refractivity (Wildman–Crippen MR) is 130 cm³/mol. The number of hydrogen-bond donors (Lipinski definition) is 2. The van der Waals surface area contributed by atoms with Gasteiger partial charge in [-0.2, -0.15) is 4.72 Å². The molecule has 34 heavy (non-hydrogen) atoms. The van der Waals surface area contributed by atoms with Gasteiger partial charge in [-0.1, -0.05) is 48.0 Å². The maximum absolute atomic E-state index is 12.6. The minimum atomic E-state index is -3.91. The van der Waals surface area contributed by atoms with E-state index in [0.29, 0.717) is 12.8 Å². The number of fused-ring (bicyclic) bond motifs is 1. The number of methoxy groups -OCH3 is 1. The molecule has 182 valence electrons. The van der Waals surface area contributed by atoms with Crippen LogP contribution in [0.3, 0.4) is 0 Å². The van der Waals surface area contributed by atoms with Crippen LogP contribution < -0.4 is 9.44 Å². The first kappa shape index (κ1) is 25.8. The summed E-state index contributed by atoms with van der Waals surface area (Å²) >= 11 is 0. The Morgan fingerprint density at radius 1 is 0.853 bits per heavy atom. The third-order valence-electron chi connectivity index (χ3n) is 5.36. The number of esters is 1. The fourth-order valence-electron chi connectivity index (χ4n) is 3.44. The van der Waals surface area contributed by atoms with E-state index in [4.69, 9.17) is 4.74 Å². The third-order valence-corrected chi connectivity index (χ3v) is 8.30. The van der Waals surface area contributed by atoms with Gasteiger partial charge in [0, 0.05) is 6.54 Å². The highest BCUT2D eigenvalue weighted by atomic mass is 32.2. The summed E-state index contributed by atoms with van der Waals surface area (Å²) in [6.07, 6.45) is 0.971. The van der Waals surface area contributed by atoms with Crippen LogP contribution in [0.2, 0.25) is 0 Å². The van der Waals surface area contributed by atoms with Crippen LogP contribution in [-0.2, 0) is 29.6 Å². The summed E-state index contributed by atoms with van der Waals surface area (Å²) in [5.74, 6) is -0.701. The summed E-state index contributed by atoms with van der Waals surface area (Å²) in [4.78, 5) is 12.4. The highest BCUT2D eigenvalue weighted by Gasteiger charge is 2.26. The maximum atomic E-state index is 12.6. The number of nitrogens with one attached hydrogen (secondary N) is 2. The lowest BCUT2D eigenvalue weighted by atomic mass is 10.1. The number of carbonyl (C=O) groups is 1. The highest BCUT2D eigenvalue weighted by Crippen LogP contribution is 2.19. The fraction of sp³-hybridized carbons (Fsp3) is 0.292. The molecule has 0 bridgehead atoms. The van der Waals surface area contributed by atoms with Crippen molar-refractivity contribution in [2.45, 2.75) is 42.0 Å². The number of carbonyl (C=O) groups excluding carboxylic acids is 1. The molecule has 0 radical (unpaired) electrons. The van der Waals surface area contributed by atoms with Crippen molar-refractivity contribution in [2.24, 2.45) is 0 Å². The van der Waals surface area contributed by atoms with Crippen LogP contribution in [0, 0.1) is 6.92 Å². The zero-order valence-corrected chi connectivity index (χ0v) is 20.7. The van der Waals surface area contributed by atoms with Crippen molar-refractivity contribution in [3.05, 3.63) is 72.3 Å². The Balaban J connectivity index is 1.56. The fourth-order valence-corrected chi connectivity index (χ4v) is 5.77. The average molecular weight is 505 g/mol. The van der Waals surface area contributed by atoms with E-state index in [1.807, 2.05) is 31.2 Å². The van der Waals surface area contributed by atoms with Gasteiger partial charge in [0.05, 0.1) is 16.9 Å². The van der Waals surface area contributed by atoms with Gasteiger partial charge in [-0.3, -0.25) is 4.79 Å². The lowest BCUT2D eigenvalue weighted by Crippen LogP contribution is -2.41. The molecule has 0 saturated carbocycles. The van der Waals surface area contributed by atoms with Gasteiger partial charge in [-0.25, -0.2) is 21.6 Å². The predicted octanol–water partition coefficient (Wildman–Crippen LogP) is 3.12. The molecule has 1 unspecified atom stereocenters. The minimum Gasteiger partial charge on any atom is -0.468 e. The van der Waals surface area contributed by atoms with Gasteiger partial charge in [0.1, 0.15) is 6.04 Å². The second-order valence-corrected chi connectivity index (χ2v) is 11.4. The van der Waals surface area contributed by atoms with Crippen LogP contribution in [-0.4, -0.2) is 42.5 Å². The van der Waals surface area contributed by atoms with Crippen molar-refractivity contribution in [3.63, 3.8) is 0 Å². The van der Waals surface area contributed by atoms with E-state index >= 15 is 0 Å². The largest absolute Gasteiger partial charge is 0.468 e. The lowest BCUT2D eigenvalue weighted by Gasteiger charge is -2.17. The molecule has 3 aromatic carbocycles. The van der Waals surface area contributed by atoms with Gasteiger partial charge < -0.3 is 4.74 Å². The number of rotatable bonds is 11. The molecule has 3 aromatic rings. The Bertz CT molecular complexity index is 1350. The van der Waals surface area contributed by atoms with Crippen LogP contribution in [0.4, 0.5) is 0 Å². The first-order valence-electron chi connectivity index (χ1n) is 10.8. The molecule has 0 aromatic heterocycles. The molecule has 0 aliphatic heterocycles. The van der Waals surface area contributed by atoms with E-state index in [2.05, 4.69) is 9.44 Å². The van der Waals surface area contributed by atoms with Gasteiger partial charge in [0.2, 0.25) is 20.0 Å². The van der Waals surface area contributed by atoms with Crippen LogP contribution in [0.1, 0.15) is 24.8 Å². The third kappa shape index (κ3) is 6.63. The molecule has 0 amide bonds. The standard InChI is InChI=1S/C24H28N2O6S2/c1-18-10-13-21(14-11-18)34(30,31)26-23(24(27)32-2)9-5-6-16-25-33(28,29)22-15-12-19-7-3-4-8-20(19)17-22/h3-4,7-8,10-15,17,23,25-26H,5-6,9,16H2,1-2H3. The van der Waals surface area contributed by atoms with E-state index in [9.17, 15) is 21.6 Å². The molecule has 2 N–H and O–H groups in total. The molecule has 3 rings (SSSR count). The molecule has 8 nitrogen and oxygen atoms in total. The first-order chi connectivity index (χ1) is 16.1. The molecule has 10 heteroatoms. The number of hydrogen-bond acceptors (Lipinski definition) is 6. The smallest absolute Gasteiger partial charge is 0.323 e. The van der Waals surface area contributed by atoms with E-state index in [0.717, 1.165) is 16.3 Å². The number of sulfonamides is 2. The van der Waals surface area contributed by atoms with Gasteiger partial charge in [-0.05, 0) is 61.2 Å². The van der Waals surface area contributed by atoms with E-state index < -0.39 is 32.1 Å². The van der Waals surface area contributed by atoms with Crippen molar-refractivity contribution >= 4 is 36.8 Å². The molecule has 1 atom stereocenters. The molecule has 0 fully saturated rings. The van der Waals surface area contributed by atoms with Crippen LogP contribution in [0.25, 0.3) is 10.8 Å². The lowest BCUT2D eigenvalue weighted by molar-refractivity contribution is -0.142. The summed E-state index contributed by atoms with van der Waals surface area (Å²) in [6.45, 7) is 1.99. The summed E-state index contributed by atoms with van der Waals surface area (Å²) in [6, 6.07) is 17.6. The molecular weight excluding hydrogens is 476 g/mol. The van der Waals surface area contributed by atoms with Crippen LogP contribution in [0.15, 0.2) is 76.5 Å². The van der Waals surface area contributed by atoms with Crippen LogP contribution in [0.5, 0.6) is 0 Å². The second kappa shape index (κ2) is 11.1. The van der Waals surface area contributed by atoms with Crippen molar-refractivity contribution in [3.8, 4) is 0 Å². The summed E-state index contributed by atoms with van der Waals surface area (Å²) < 4.78 is 60.2. The molecule has 0 heterocycles. The first-order valence-corrected chi connectivity index (χ1v) is 13.7. The Kier molecular flexibility index (Phi) is 8.42. The second-order valence-electron chi connectivity index (χ2n) is 7.91. The minimum absolute atomic E-state index is 0.0511.